The second-order valence-corrected chi connectivity index (χ2v) is 8.85. The van der Waals surface area contributed by atoms with Gasteiger partial charge in [0.1, 0.15) is 5.69 Å². The average molecular weight is 545 g/mol. The highest BCUT2D eigenvalue weighted by Crippen LogP contribution is 2.42. The second-order valence-electron chi connectivity index (χ2n) is 8.85. The van der Waals surface area contributed by atoms with Crippen molar-refractivity contribution in [2.45, 2.75) is 44.6 Å². The van der Waals surface area contributed by atoms with E-state index in [4.69, 9.17) is 24.5 Å². The van der Waals surface area contributed by atoms with Crippen LogP contribution in [-0.4, -0.2) is 102 Å². The first-order chi connectivity index (χ1) is 16.9. The van der Waals surface area contributed by atoms with Gasteiger partial charge in [-0.05, 0) is 50.3 Å². The number of likely N-dealkylation sites (tertiary alicyclic amines) is 2. The number of carboxylic acid groups (broad SMARTS) is 2. The lowest BCUT2D eigenvalue weighted by molar-refractivity contribution is -0.193. The molecule has 1 amide bonds. The number of methoxy groups -OCH3 is 1. The number of rotatable bonds is 3. The largest absolute Gasteiger partial charge is 0.490 e. The number of aromatic nitrogens is 1. The molecule has 0 bridgehead atoms. The Morgan fingerprint density at radius 1 is 1.05 bits per heavy atom. The number of alkyl halides is 6. The number of piperidine rings is 1. The maximum Gasteiger partial charge on any atom is 0.490 e. The minimum Gasteiger partial charge on any atom is -0.475 e. The van der Waals surface area contributed by atoms with E-state index in [2.05, 4.69) is 16.9 Å². The van der Waals surface area contributed by atoms with Crippen LogP contribution in [-0.2, 0) is 14.3 Å². The quantitative estimate of drug-likeness (QED) is 0.556. The zero-order chi connectivity index (χ0) is 28.6. The number of carbonyl (C=O) groups excluding carboxylic acids is 1. The monoisotopic (exact) mass is 545 g/mol. The van der Waals surface area contributed by atoms with Gasteiger partial charge in [0.05, 0.1) is 6.61 Å². The van der Waals surface area contributed by atoms with Gasteiger partial charge in [0.2, 0.25) is 0 Å². The molecule has 0 aliphatic carbocycles. The van der Waals surface area contributed by atoms with Crippen molar-refractivity contribution in [3.8, 4) is 0 Å². The number of aliphatic carboxylic acids is 2. The average Bonchev–Trinajstić information content (AvgIpc) is 3.08. The van der Waals surface area contributed by atoms with Gasteiger partial charge in [0.15, 0.2) is 0 Å². The van der Waals surface area contributed by atoms with Gasteiger partial charge in [0.25, 0.3) is 5.91 Å². The number of halogens is 6. The summed E-state index contributed by atoms with van der Waals surface area (Å²) in [6.07, 6.45) is -5.06. The molecule has 2 aliphatic heterocycles. The van der Waals surface area contributed by atoms with Crippen LogP contribution in [0.1, 0.15) is 35.3 Å². The Morgan fingerprint density at radius 2 is 1.54 bits per heavy atom. The van der Waals surface area contributed by atoms with Gasteiger partial charge < -0.3 is 24.7 Å². The van der Waals surface area contributed by atoms with Crippen molar-refractivity contribution >= 4 is 17.8 Å². The molecule has 1 unspecified atom stereocenters. The van der Waals surface area contributed by atoms with E-state index in [9.17, 15) is 31.1 Å². The molecule has 3 heterocycles. The molecule has 1 aromatic rings. The number of amides is 1. The highest BCUT2D eigenvalue weighted by molar-refractivity contribution is 5.92. The third kappa shape index (κ3) is 10.1. The molecular formula is C22H29F6N3O6. The van der Waals surface area contributed by atoms with Crippen LogP contribution in [0, 0.1) is 12.3 Å². The number of pyridine rings is 1. The summed E-state index contributed by atoms with van der Waals surface area (Å²) in [4.78, 5) is 39.0. The van der Waals surface area contributed by atoms with Crippen LogP contribution in [0.5, 0.6) is 0 Å². The van der Waals surface area contributed by atoms with Crippen LogP contribution in [0.3, 0.4) is 0 Å². The molecule has 1 spiro atoms. The number of ether oxygens (including phenoxy) is 1. The predicted octanol–water partition coefficient (Wildman–Crippen LogP) is 3.23. The molecule has 3 rings (SSSR count). The molecule has 0 saturated carbocycles. The molecule has 2 fully saturated rings. The van der Waals surface area contributed by atoms with Crippen molar-refractivity contribution < 1.29 is 55.7 Å². The third-order valence-electron chi connectivity index (χ3n) is 5.96. The summed E-state index contributed by atoms with van der Waals surface area (Å²) in [6, 6.07) is 4.30. The van der Waals surface area contributed by atoms with Gasteiger partial charge in [-0.3, -0.25) is 9.78 Å². The van der Waals surface area contributed by atoms with E-state index in [1.54, 1.807) is 13.3 Å². The van der Waals surface area contributed by atoms with Gasteiger partial charge in [-0.1, -0.05) is 6.07 Å². The van der Waals surface area contributed by atoms with Crippen molar-refractivity contribution in [2.75, 3.05) is 40.4 Å². The Labute approximate surface area is 209 Å². The molecule has 15 heteroatoms. The summed E-state index contributed by atoms with van der Waals surface area (Å²) in [5.41, 5.74) is 2.00. The van der Waals surface area contributed by atoms with Crippen molar-refractivity contribution in [1.82, 2.24) is 14.8 Å². The Hall–Kier alpha value is -2.94. The number of carbonyl (C=O) groups is 3. The maximum atomic E-state index is 12.6. The van der Waals surface area contributed by atoms with Crippen molar-refractivity contribution in [1.29, 1.82) is 0 Å². The summed E-state index contributed by atoms with van der Waals surface area (Å²) in [7, 11) is 3.96. The van der Waals surface area contributed by atoms with E-state index in [1.807, 2.05) is 24.0 Å². The fourth-order valence-corrected chi connectivity index (χ4v) is 4.06. The highest BCUT2D eigenvalue weighted by Gasteiger charge is 2.44. The summed E-state index contributed by atoms with van der Waals surface area (Å²) in [6.45, 7) is 5.57. The molecule has 37 heavy (non-hydrogen) atoms. The molecule has 2 saturated heterocycles. The molecule has 0 aromatic carbocycles. The van der Waals surface area contributed by atoms with Gasteiger partial charge in [-0.25, -0.2) is 9.59 Å². The van der Waals surface area contributed by atoms with Crippen LogP contribution in [0.4, 0.5) is 26.3 Å². The number of likely N-dealkylation sites (N-methyl/N-ethyl adjacent to an activating group) is 1. The zero-order valence-electron chi connectivity index (χ0n) is 20.4. The van der Waals surface area contributed by atoms with E-state index >= 15 is 0 Å². The van der Waals surface area contributed by atoms with Crippen LogP contribution in [0.2, 0.25) is 0 Å². The molecule has 2 N–H and O–H groups in total. The summed E-state index contributed by atoms with van der Waals surface area (Å²) in [5.74, 6) is -5.44. The maximum absolute atomic E-state index is 12.6. The topological polar surface area (TPSA) is 120 Å². The zero-order valence-corrected chi connectivity index (χ0v) is 20.4. The standard InChI is InChI=1S/C18H27N3O2.2C2HF3O2/c1-14-4-5-16(19-11-14)17(22)21-8-6-18(7-9-21)10-15(12-23-3)20(2)13-18;2*3-2(4,5)1(6)7/h4-5,11,15H,6-10,12-13H2,1-3H3;2*(H,6,7). The summed E-state index contributed by atoms with van der Waals surface area (Å²) in [5, 5.41) is 14.2. The predicted molar refractivity (Wildman–Crippen MR) is 117 cm³/mol. The highest BCUT2D eigenvalue weighted by atomic mass is 19.4. The number of aryl methyl sites for hydroxylation is 1. The normalized spacial score (nSPS) is 19.4. The van der Waals surface area contributed by atoms with Crippen LogP contribution in [0.15, 0.2) is 18.3 Å². The van der Waals surface area contributed by atoms with Crippen LogP contribution >= 0.6 is 0 Å². The van der Waals surface area contributed by atoms with Crippen molar-refractivity contribution in [3.05, 3.63) is 29.6 Å². The Morgan fingerprint density at radius 3 is 1.92 bits per heavy atom. The molecule has 0 radical (unpaired) electrons. The number of nitrogens with zero attached hydrogens (tertiary/aromatic N) is 3. The fraction of sp³-hybridized carbons (Fsp3) is 0.636. The molecule has 2 aliphatic rings. The summed E-state index contributed by atoms with van der Waals surface area (Å²) >= 11 is 0. The first-order valence-electron chi connectivity index (χ1n) is 10.9. The third-order valence-corrected chi connectivity index (χ3v) is 5.96. The fourth-order valence-electron chi connectivity index (χ4n) is 4.06. The number of carboxylic acids is 2. The van der Waals surface area contributed by atoms with Gasteiger partial charge >= 0.3 is 24.3 Å². The first-order valence-corrected chi connectivity index (χ1v) is 10.9. The SMILES string of the molecule is COCC1CC2(CCN(C(=O)c3ccc(C)cn3)CC2)CN1C.O=C(O)C(F)(F)F.O=C(O)C(F)(F)F. The van der Waals surface area contributed by atoms with E-state index < -0.39 is 24.3 Å². The van der Waals surface area contributed by atoms with Gasteiger partial charge in [-0.2, -0.15) is 26.3 Å². The lowest BCUT2D eigenvalue weighted by Crippen LogP contribution is -2.44. The minimum atomic E-state index is -5.08. The Kier molecular flexibility index (Phi) is 11.3. The van der Waals surface area contributed by atoms with Crippen LogP contribution < -0.4 is 0 Å². The van der Waals surface area contributed by atoms with Crippen molar-refractivity contribution in [3.63, 3.8) is 0 Å². The van der Waals surface area contributed by atoms with Crippen LogP contribution in [0.25, 0.3) is 0 Å². The molecule has 210 valence electrons. The lowest BCUT2D eigenvalue weighted by Gasteiger charge is -2.39. The van der Waals surface area contributed by atoms with Gasteiger partial charge in [-0.15, -0.1) is 0 Å². The Bertz CT molecular complexity index is 891. The minimum absolute atomic E-state index is 0.0691. The lowest BCUT2D eigenvalue weighted by atomic mass is 9.76. The number of hydrogen-bond acceptors (Lipinski definition) is 6. The van der Waals surface area contributed by atoms with Crippen molar-refractivity contribution in [2.24, 2.45) is 5.41 Å². The van der Waals surface area contributed by atoms with E-state index in [1.165, 1.54) is 6.42 Å². The van der Waals surface area contributed by atoms with E-state index in [0.717, 1.165) is 44.6 Å². The molecular weight excluding hydrogens is 516 g/mol. The van der Waals surface area contributed by atoms with E-state index in [-0.39, 0.29) is 5.91 Å². The number of hydrogen-bond donors (Lipinski definition) is 2. The first kappa shape index (κ1) is 32.1. The van der Waals surface area contributed by atoms with E-state index in [0.29, 0.717) is 17.2 Å². The Balaban J connectivity index is 0.000000404. The molecule has 9 nitrogen and oxygen atoms in total. The second kappa shape index (κ2) is 13.0. The van der Waals surface area contributed by atoms with Gasteiger partial charge in [0, 0.05) is 39.0 Å². The summed E-state index contributed by atoms with van der Waals surface area (Å²) < 4.78 is 68.8. The smallest absolute Gasteiger partial charge is 0.475 e. The molecule has 1 atom stereocenters. The molecule has 1 aromatic heterocycles.